The monoisotopic (exact) mass is 539 g/mol. The van der Waals surface area contributed by atoms with Crippen LogP contribution in [0.25, 0.3) is 0 Å². The Balaban J connectivity index is 1.83. The molecule has 3 aliphatic rings. The summed E-state index contributed by atoms with van der Waals surface area (Å²) < 4.78 is 22.6. The second-order valence-corrected chi connectivity index (χ2v) is 8.92. The van der Waals surface area contributed by atoms with Crippen LogP contribution in [0, 0.1) is 10.1 Å². The number of nitrogens with one attached hydrogen (secondary N) is 2. The maximum Gasteiger partial charge on any atom is 0.270 e. The number of rotatable bonds is 1. The number of carbonyl (C=O) groups excluding carboxylic acids is 2. The predicted octanol–water partition coefficient (Wildman–Crippen LogP) is -0.770. The van der Waals surface area contributed by atoms with Crippen LogP contribution in [0.15, 0.2) is 12.1 Å². The highest BCUT2D eigenvalue weighted by Gasteiger charge is 2.19. The number of nitro groups is 1. The summed E-state index contributed by atoms with van der Waals surface area (Å²) in [5.41, 5.74) is 0.116. The highest BCUT2D eigenvalue weighted by Crippen LogP contribution is 2.28. The van der Waals surface area contributed by atoms with Crippen molar-refractivity contribution in [2.45, 2.75) is 13.1 Å². The van der Waals surface area contributed by atoms with Crippen LogP contribution in [-0.4, -0.2) is 124 Å². The molecule has 0 spiro atoms. The molecule has 14 nitrogen and oxygen atoms in total. The Morgan fingerprint density at radius 3 is 1.42 bits per heavy atom. The smallest absolute Gasteiger partial charge is 0.270 e. The second-order valence-electron chi connectivity index (χ2n) is 8.92. The lowest BCUT2D eigenvalue weighted by Gasteiger charge is -2.23. The first-order valence-corrected chi connectivity index (χ1v) is 12.7. The summed E-state index contributed by atoms with van der Waals surface area (Å²) in [4.78, 5) is 40.1. The van der Waals surface area contributed by atoms with Crippen LogP contribution in [0.3, 0.4) is 0 Å². The molecule has 0 unspecified atom stereocenters. The fourth-order valence-electron chi connectivity index (χ4n) is 3.98. The summed E-state index contributed by atoms with van der Waals surface area (Å²) >= 11 is 0. The number of phenols is 1. The fourth-order valence-corrected chi connectivity index (χ4v) is 3.98. The molecular weight excluding hydrogens is 502 g/mol. The Morgan fingerprint density at radius 2 is 1.08 bits per heavy atom. The van der Waals surface area contributed by atoms with E-state index in [2.05, 4.69) is 10.6 Å². The topological polar surface area (TPSA) is 165 Å². The molecular formula is C24H37N5O9. The van der Waals surface area contributed by atoms with E-state index in [9.17, 15) is 24.8 Å². The molecule has 14 heteroatoms. The summed E-state index contributed by atoms with van der Waals surface area (Å²) in [6.07, 6.45) is 0. The number of amides is 2. The van der Waals surface area contributed by atoms with Crippen molar-refractivity contribution in [1.29, 1.82) is 0 Å². The quantitative estimate of drug-likeness (QED) is 0.303. The summed E-state index contributed by atoms with van der Waals surface area (Å²) in [5.74, 6) is -0.867. The molecule has 4 rings (SSSR count). The molecule has 1 fully saturated rings. The van der Waals surface area contributed by atoms with E-state index in [1.165, 1.54) is 12.1 Å². The van der Waals surface area contributed by atoms with Gasteiger partial charge in [0.1, 0.15) is 5.75 Å². The number of phenolic OH excluding ortho intramolecular Hbond substituents is 1. The largest absolute Gasteiger partial charge is 0.507 e. The lowest BCUT2D eigenvalue weighted by molar-refractivity contribution is -0.385. The highest BCUT2D eigenvalue weighted by atomic mass is 16.6. The number of nitro benzene ring substituents is 1. The maximum absolute atomic E-state index is 12.7. The number of carbonyl (C=O) groups is 2. The summed E-state index contributed by atoms with van der Waals surface area (Å²) in [6.45, 7) is 4.97. The van der Waals surface area contributed by atoms with Gasteiger partial charge in [-0.1, -0.05) is 0 Å². The number of fused-ring (bicyclic) bond motifs is 20. The van der Waals surface area contributed by atoms with E-state index in [0.717, 1.165) is 0 Å². The van der Waals surface area contributed by atoms with Gasteiger partial charge in [-0.3, -0.25) is 29.5 Å². The summed E-state index contributed by atoms with van der Waals surface area (Å²) in [7, 11) is 0. The first-order valence-electron chi connectivity index (χ1n) is 12.7. The van der Waals surface area contributed by atoms with Crippen LogP contribution in [0.2, 0.25) is 0 Å². The second kappa shape index (κ2) is 16.2. The Bertz CT molecular complexity index is 850. The lowest BCUT2D eigenvalue weighted by Crippen LogP contribution is -2.40. The number of aromatic hydroxyl groups is 1. The summed E-state index contributed by atoms with van der Waals surface area (Å²) in [5, 5.41) is 27.7. The maximum atomic E-state index is 12.7. The third kappa shape index (κ3) is 10.5. The van der Waals surface area contributed by atoms with Crippen molar-refractivity contribution in [3.05, 3.63) is 33.4 Å². The van der Waals surface area contributed by atoms with Gasteiger partial charge in [-0.05, 0) is 0 Å². The Labute approximate surface area is 221 Å². The minimum absolute atomic E-state index is 0.0498. The van der Waals surface area contributed by atoms with Gasteiger partial charge in [-0.15, -0.1) is 0 Å². The van der Waals surface area contributed by atoms with Crippen LogP contribution in [-0.2, 0) is 41.6 Å². The van der Waals surface area contributed by atoms with Crippen molar-refractivity contribution < 1.29 is 38.6 Å². The number of ether oxygens (including phenoxy) is 4. The van der Waals surface area contributed by atoms with Gasteiger partial charge in [-0.2, -0.15) is 0 Å². The average molecular weight is 540 g/mol. The van der Waals surface area contributed by atoms with E-state index >= 15 is 0 Å². The average Bonchev–Trinajstić information content (AvgIpc) is 2.88. The van der Waals surface area contributed by atoms with Crippen LogP contribution in [0.5, 0.6) is 5.75 Å². The van der Waals surface area contributed by atoms with Crippen LogP contribution in [0.1, 0.15) is 11.1 Å². The fraction of sp³-hybridized carbons (Fsp3) is 0.667. The molecule has 0 radical (unpaired) electrons. The van der Waals surface area contributed by atoms with Gasteiger partial charge in [-0.25, -0.2) is 0 Å². The molecule has 2 amide bonds. The van der Waals surface area contributed by atoms with E-state index in [1.807, 2.05) is 9.80 Å². The van der Waals surface area contributed by atoms with E-state index in [1.54, 1.807) is 0 Å². The third-order valence-electron chi connectivity index (χ3n) is 6.10. The minimum atomic E-state index is -0.581. The Hall–Kier alpha value is -2.88. The van der Waals surface area contributed by atoms with Crippen LogP contribution in [0.4, 0.5) is 5.69 Å². The van der Waals surface area contributed by atoms with E-state index < -0.39 is 4.92 Å². The Morgan fingerprint density at radius 1 is 0.711 bits per heavy atom. The predicted molar refractivity (Wildman–Crippen MR) is 135 cm³/mol. The summed E-state index contributed by atoms with van der Waals surface area (Å²) in [6, 6.07) is 2.43. The zero-order chi connectivity index (χ0) is 27.2. The zero-order valence-corrected chi connectivity index (χ0v) is 21.5. The van der Waals surface area contributed by atoms with E-state index in [0.29, 0.717) is 79.0 Å². The van der Waals surface area contributed by atoms with Gasteiger partial charge in [0.2, 0.25) is 11.8 Å². The number of hydrogen-bond donors (Lipinski definition) is 3. The van der Waals surface area contributed by atoms with Gasteiger partial charge in [0.05, 0.1) is 70.9 Å². The molecule has 0 aromatic heterocycles. The molecule has 0 aliphatic carbocycles. The molecule has 1 saturated heterocycles. The zero-order valence-electron chi connectivity index (χ0n) is 21.5. The normalized spacial score (nSPS) is 24.1. The van der Waals surface area contributed by atoms with Gasteiger partial charge in [0, 0.05) is 62.5 Å². The first kappa shape index (κ1) is 29.7. The standard InChI is InChI=1S/C24H37N5O9/c30-22-17-27-1-5-35-9-10-37-7-3-28(4-8-38-12-11-36-6-2-27)18-23(31)26-16-20-14-21(29(33)34)13-19(15-25-22)24(20)32/h13-14,32H,1-12,15-18H2,(H,25,30)(H,26,31). The highest BCUT2D eigenvalue weighted by molar-refractivity contribution is 5.78. The number of non-ortho nitro benzene ring substituents is 1. The molecule has 1 aromatic carbocycles. The lowest BCUT2D eigenvalue weighted by atomic mass is 10.1. The van der Waals surface area contributed by atoms with Crippen LogP contribution >= 0.6 is 0 Å². The van der Waals surface area contributed by atoms with Crippen molar-refractivity contribution in [2.75, 3.05) is 92.1 Å². The van der Waals surface area contributed by atoms with Gasteiger partial charge >= 0.3 is 0 Å². The van der Waals surface area contributed by atoms with E-state index in [-0.39, 0.29) is 60.6 Å². The Kier molecular flexibility index (Phi) is 12.6. The van der Waals surface area contributed by atoms with Crippen molar-refractivity contribution in [1.82, 2.24) is 20.4 Å². The molecule has 3 N–H and O–H groups in total. The number of hydrogen-bond acceptors (Lipinski definition) is 11. The molecule has 0 atom stereocenters. The van der Waals surface area contributed by atoms with Crippen molar-refractivity contribution >= 4 is 17.5 Å². The first-order chi connectivity index (χ1) is 18.4. The minimum Gasteiger partial charge on any atom is -0.507 e. The number of nitrogens with zero attached hydrogens (tertiary/aromatic N) is 3. The van der Waals surface area contributed by atoms with Crippen molar-refractivity contribution in [3.8, 4) is 5.75 Å². The molecule has 212 valence electrons. The number of benzene rings is 1. The SMILES string of the molecule is O=C1CN2CCOCCOCCN(CCOCCOCC2)CC(=O)NCc2cc([N+](=O)[O-])cc(c2O)CN1. The van der Waals surface area contributed by atoms with Gasteiger partial charge in [0.25, 0.3) is 5.69 Å². The van der Waals surface area contributed by atoms with Gasteiger partial charge < -0.3 is 34.7 Å². The van der Waals surface area contributed by atoms with Gasteiger partial charge in [0.15, 0.2) is 0 Å². The molecule has 1 aromatic rings. The van der Waals surface area contributed by atoms with E-state index in [4.69, 9.17) is 18.9 Å². The van der Waals surface area contributed by atoms with Crippen molar-refractivity contribution in [3.63, 3.8) is 0 Å². The molecule has 3 aliphatic heterocycles. The van der Waals surface area contributed by atoms with Crippen LogP contribution < -0.4 is 10.6 Å². The molecule has 4 bridgehead atoms. The molecule has 3 heterocycles. The molecule has 0 saturated carbocycles. The molecule has 38 heavy (non-hydrogen) atoms. The van der Waals surface area contributed by atoms with Crippen molar-refractivity contribution in [2.24, 2.45) is 0 Å². The third-order valence-corrected chi connectivity index (χ3v) is 6.10.